The molecule has 0 aliphatic carbocycles. The summed E-state index contributed by atoms with van der Waals surface area (Å²) >= 11 is 0. The molecule has 0 unspecified atom stereocenters. The number of benzene rings is 3. The minimum absolute atomic E-state index is 0.154. The molecule has 148 valence electrons. The lowest BCUT2D eigenvalue weighted by molar-refractivity contribution is 0.260. The third kappa shape index (κ3) is 3.51. The molecule has 0 spiro atoms. The van der Waals surface area contributed by atoms with Gasteiger partial charge in [-0.05, 0) is 35.6 Å². The molecule has 0 amide bonds. The number of aromatic nitrogens is 1. The molecule has 3 aromatic carbocycles. The normalized spacial score (nSPS) is 15.4. The molecule has 1 aliphatic rings. The van der Waals surface area contributed by atoms with E-state index in [9.17, 15) is 9.18 Å². The van der Waals surface area contributed by atoms with E-state index in [0.29, 0.717) is 5.58 Å². The van der Waals surface area contributed by atoms with Crippen LogP contribution in [0.1, 0.15) is 5.56 Å². The van der Waals surface area contributed by atoms with E-state index < -0.39 is 5.76 Å². The average molecular weight is 391 g/mol. The zero-order valence-corrected chi connectivity index (χ0v) is 16.0. The topological polar surface area (TPSA) is 52.5 Å². The first kappa shape index (κ1) is 17.9. The van der Waals surface area contributed by atoms with E-state index in [4.69, 9.17) is 4.42 Å². The smallest absolute Gasteiger partial charge is 0.408 e. The van der Waals surface area contributed by atoms with Crippen LogP contribution < -0.4 is 10.7 Å². The summed E-state index contributed by atoms with van der Waals surface area (Å²) in [6.45, 7) is 4.31. The van der Waals surface area contributed by atoms with Gasteiger partial charge in [-0.15, -0.1) is 0 Å². The van der Waals surface area contributed by atoms with Crippen molar-refractivity contribution in [2.24, 2.45) is 0 Å². The molecule has 5 rings (SSSR count). The Morgan fingerprint density at radius 1 is 1.00 bits per heavy atom. The van der Waals surface area contributed by atoms with Crippen LogP contribution in [0.2, 0.25) is 0 Å². The van der Waals surface area contributed by atoms with E-state index in [2.05, 4.69) is 14.8 Å². The summed E-state index contributed by atoms with van der Waals surface area (Å²) < 4.78 is 19.8. The first-order valence-corrected chi connectivity index (χ1v) is 9.94. The van der Waals surface area contributed by atoms with Crippen molar-refractivity contribution >= 4 is 27.6 Å². The highest BCUT2D eigenvalue weighted by Gasteiger charge is 2.21. The fraction of sp³-hybridized carbons (Fsp3) is 0.261. The monoisotopic (exact) mass is 391 g/mol. The van der Waals surface area contributed by atoms with Crippen LogP contribution in [0.5, 0.6) is 0 Å². The van der Waals surface area contributed by atoms with Gasteiger partial charge in [0, 0.05) is 38.1 Å². The summed E-state index contributed by atoms with van der Waals surface area (Å²) in [5, 5.41) is 2.04. The lowest BCUT2D eigenvalue weighted by Crippen LogP contribution is -2.47. The third-order valence-electron chi connectivity index (χ3n) is 5.74. The van der Waals surface area contributed by atoms with Crippen molar-refractivity contribution < 1.29 is 8.81 Å². The second-order valence-electron chi connectivity index (χ2n) is 7.54. The first-order valence-electron chi connectivity index (χ1n) is 9.94. The highest BCUT2D eigenvalue weighted by Crippen LogP contribution is 2.30. The van der Waals surface area contributed by atoms with Crippen LogP contribution in [-0.4, -0.2) is 42.6 Å². The van der Waals surface area contributed by atoms with Crippen molar-refractivity contribution in [1.29, 1.82) is 0 Å². The minimum atomic E-state index is -0.422. The number of aromatic amines is 1. The Labute approximate surface area is 167 Å². The summed E-state index contributed by atoms with van der Waals surface area (Å²) in [6.07, 6.45) is 0.882. The van der Waals surface area contributed by atoms with Crippen molar-refractivity contribution in [1.82, 2.24) is 9.88 Å². The number of nitrogens with zero attached hydrogens (tertiary/aromatic N) is 2. The molecule has 29 heavy (non-hydrogen) atoms. The van der Waals surface area contributed by atoms with Gasteiger partial charge >= 0.3 is 5.76 Å². The van der Waals surface area contributed by atoms with E-state index in [1.807, 2.05) is 48.5 Å². The van der Waals surface area contributed by atoms with Crippen LogP contribution >= 0.6 is 0 Å². The van der Waals surface area contributed by atoms with Gasteiger partial charge < -0.3 is 9.32 Å². The lowest BCUT2D eigenvalue weighted by atomic mass is 10.1. The molecule has 0 radical (unpaired) electrons. The minimum Gasteiger partial charge on any atom is -0.408 e. The molecular formula is C23H22FN3O2. The van der Waals surface area contributed by atoms with Crippen molar-refractivity contribution in [3.8, 4) is 0 Å². The number of halogens is 1. The standard InChI is InChI=1S/C23H22FN3O2/c24-19-7-6-17-3-1-2-4-18(17)22(19)27-13-11-26(12-14-27)10-9-16-5-8-20-21(15-16)29-23(28)25-20/h1-8,15H,9-14H2,(H,25,28). The highest BCUT2D eigenvalue weighted by atomic mass is 19.1. The summed E-state index contributed by atoms with van der Waals surface area (Å²) in [5.74, 6) is -0.576. The van der Waals surface area contributed by atoms with Crippen molar-refractivity contribution in [2.45, 2.75) is 6.42 Å². The molecule has 0 saturated carbocycles. The molecule has 1 aliphatic heterocycles. The van der Waals surface area contributed by atoms with Gasteiger partial charge in [-0.1, -0.05) is 36.4 Å². The average Bonchev–Trinajstić information content (AvgIpc) is 3.12. The predicted molar refractivity (Wildman–Crippen MR) is 113 cm³/mol. The molecule has 1 N–H and O–H groups in total. The Morgan fingerprint density at radius 3 is 2.69 bits per heavy atom. The fourth-order valence-corrected chi connectivity index (χ4v) is 4.18. The van der Waals surface area contributed by atoms with Gasteiger partial charge in [-0.2, -0.15) is 0 Å². The van der Waals surface area contributed by atoms with E-state index in [-0.39, 0.29) is 5.82 Å². The number of nitrogens with one attached hydrogen (secondary N) is 1. The van der Waals surface area contributed by atoms with Crippen LogP contribution in [0.4, 0.5) is 10.1 Å². The van der Waals surface area contributed by atoms with E-state index in [0.717, 1.165) is 66.7 Å². The number of fused-ring (bicyclic) bond motifs is 2. The van der Waals surface area contributed by atoms with E-state index in [1.165, 1.54) is 0 Å². The zero-order chi connectivity index (χ0) is 19.8. The van der Waals surface area contributed by atoms with Gasteiger partial charge in [0.15, 0.2) is 5.58 Å². The Hall–Kier alpha value is -3.12. The molecule has 6 heteroatoms. The molecule has 4 aromatic rings. The maximum Gasteiger partial charge on any atom is 0.417 e. The zero-order valence-electron chi connectivity index (χ0n) is 16.0. The quantitative estimate of drug-likeness (QED) is 0.575. The first-order chi connectivity index (χ1) is 14.2. The number of piperazine rings is 1. The largest absolute Gasteiger partial charge is 0.417 e. The third-order valence-corrected chi connectivity index (χ3v) is 5.74. The Balaban J connectivity index is 1.25. The fourth-order valence-electron chi connectivity index (χ4n) is 4.18. The molecule has 5 nitrogen and oxygen atoms in total. The number of rotatable bonds is 4. The molecule has 1 saturated heterocycles. The van der Waals surface area contributed by atoms with Crippen molar-refractivity contribution in [2.75, 3.05) is 37.6 Å². The van der Waals surface area contributed by atoms with Crippen LogP contribution in [0.3, 0.4) is 0 Å². The number of hydrogen-bond acceptors (Lipinski definition) is 4. The van der Waals surface area contributed by atoms with Crippen molar-refractivity contribution in [3.63, 3.8) is 0 Å². The molecule has 2 heterocycles. The SMILES string of the molecule is O=c1[nH]c2ccc(CCN3CCN(c4c(F)ccc5ccccc45)CC3)cc2o1. The molecule has 0 bridgehead atoms. The number of H-pyrrole nitrogens is 1. The number of hydrogen-bond donors (Lipinski definition) is 1. The van der Waals surface area contributed by atoms with Crippen LogP contribution in [0.15, 0.2) is 63.8 Å². The van der Waals surface area contributed by atoms with Gasteiger partial charge in [0.25, 0.3) is 0 Å². The summed E-state index contributed by atoms with van der Waals surface area (Å²) in [5.41, 5.74) is 3.19. The number of anilines is 1. The van der Waals surface area contributed by atoms with Crippen LogP contribution in [-0.2, 0) is 6.42 Å². The maximum atomic E-state index is 14.6. The Kier molecular flexibility index (Phi) is 4.56. The predicted octanol–water partition coefficient (Wildman–Crippen LogP) is 3.78. The van der Waals surface area contributed by atoms with Crippen LogP contribution in [0, 0.1) is 5.82 Å². The summed E-state index contributed by atoms with van der Waals surface area (Å²) in [6, 6.07) is 17.2. The second kappa shape index (κ2) is 7.37. The van der Waals surface area contributed by atoms with Gasteiger partial charge in [0.1, 0.15) is 5.82 Å². The molecule has 1 fully saturated rings. The second-order valence-corrected chi connectivity index (χ2v) is 7.54. The molecule has 0 atom stereocenters. The van der Waals surface area contributed by atoms with Crippen molar-refractivity contribution in [3.05, 3.63) is 76.5 Å². The lowest BCUT2D eigenvalue weighted by Gasteiger charge is -2.36. The summed E-state index contributed by atoms with van der Waals surface area (Å²) in [7, 11) is 0. The van der Waals surface area contributed by atoms with E-state index in [1.54, 1.807) is 6.07 Å². The Morgan fingerprint density at radius 2 is 1.83 bits per heavy atom. The highest BCUT2D eigenvalue weighted by molar-refractivity contribution is 5.94. The van der Waals surface area contributed by atoms with E-state index >= 15 is 0 Å². The number of oxazole rings is 1. The molecular weight excluding hydrogens is 369 g/mol. The van der Waals surface area contributed by atoms with Gasteiger partial charge in [0.05, 0.1) is 11.2 Å². The van der Waals surface area contributed by atoms with Gasteiger partial charge in [-0.3, -0.25) is 9.88 Å². The summed E-state index contributed by atoms with van der Waals surface area (Å²) in [4.78, 5) is 18.5. The Bertz CT molecular complexity index is 1220. The van der Waals surface area contributed by atoms with Crippen LogP contribution in [0.25, 0.3) is 21.9 Å². The van der Waals surface area contributed by atoms with Gasteiger partial charge in [-0.25, -0.2) is 9.18 Å². The molecule has 1 aromatic heterocycles. The van der Waals surface area contributed by atoms with Gasteiger partial charge in [0.2, 0.25) is 0 Å². The maximum absolute atomic E-state index is 14.6.